The number of rotatable bonds is 7. The molecule has 1 heterocycles. The van der Waals surface area contributed by atoms with Crippen LogP contribution in [0.25, 0.3) is 6.08 Å². The van der Waals surface area contributed by atoms with Crippen LogP contribution in [0.5, 0.6) is 5.75 Å². The fourth-order valence-corrected chi connectivity index (χ4v) is 4.41. The monoisotopic (exact) mass is 441 g/mol. The van der Waals surface area contributed by atoms with E-state index in [1.165, 1.54) is 12.5 Å². The molecular weight excluding hydrogens is 406 g/mol. The second-order valence-corrected chi connectivity index (χ2v) is 8.78. The molecule has 1 unspecified atom stereocenters. The molecule has 1 aliphatic heterocycles. The molecule has 3 amide bonds. The number of hydrogen-bond acceptors (Lipinski definition) is 4. The van der Waals surface area contributed by atoms with Crippen LogP contribution in [-0.2, 0) is 14.4 Å². The van der Waals surface area contributed by atoms with E-state index in [9.17, 15) is 14.4 Å². The molecule has 1 aliphatic carbocycles. The lowest BCUT2D eigenvalue weighted by Gasteiger charge is -2.34. The summed E-state index contributed by atoms with van der Waals surface area (Å²) in [6.07, 6.45) is 10.1. The number of carbonyl (C=O) groups is 3. The summed E-state index contributed by atoms with van der Waals surface area (Å²) < 4.78 is 5.12. The smallest absolute Gasteiger partial charge is 0.244 e. The van der Waals surface area contributed by atoms with Crippen molar-refractivity contribution < 1.29 is 19.1 Å². The van der Waals surface area contributed by atoms with Crippen molar-refractivity contribution in [2.75, 3.05) is 20.2 Å². The molecule has 1 saturated heterocycles. The Kier molecular flexibility index (Phi) is 8.71. The lowest BCUT2D eigenvalue weighted by atomic mass is 9.88. The maximum Gasteiger partial charge on any atom is 0.244 e. The molecule has 2 aliphatic rings. The van der Waals surface area contributed by atoms with Gasteiger partial charge in [-0.25, -0.2) is 0 Å². The standard InChI is InChI=1S/C25H35N3O4/c1-18(26-23(29)13-10-19-8-11-22(32-2)12-9-19)25(31)28-16-14-21(15-17-28)27-24(30)20-6-4-3-5-7-20/h8-13,18,20-21H,3-7,14-17H2,1-2H3,(H,26,29)(H,27,30)/b13-10+. The highest BCUT2D eigenvalue weighted by Gasteiger charge is 2.29. The highest BCUT2D eigenvalue weighted by molar-refractivity contribution is 5.95. The van der Waals surface area contributed by atoms with Crippen LogP contribution in [-0.4, -0.2) is 54.9 Å². The number of nitrogens with one attached hydrogen (secondary N) is 2. The lowest BCUT2D eigenvalue weighted by molar-refractivity contribution is -0.136. The fourth-order valence-electron chi connectivity index (χ4n) is 4.41. The largest absolute Gasteiger partial charge is 0.497 e. The quantitative estimate of drug-likeness (QED) is 0.637. The molecule has 0 aromatic heterocycles. The Bertz CT molecular complexity index is 807. The Morgan fingerprint density at radius 2 is 1.69 bits per heavy atom. The van der Waals surface area contributed by atoms with E-state index in [1.54, 1.807) is 25.0 Å². The van der Waals surface area contributed by atoms with Crippen molar-refractivity contribution in [3.05, 3.63) is 35.9 Å². The maximum absolute atomic E-state index is 12.7. The minimum Gasteiger partial charge on any atom is -0.497 e. The van der Waals surface area contributed by atoms with Crippen LogP contribution in [0.2, 0.25) is 0 Å². The highest BCUT2D eigenvalue weighted by atomic mass is 16.5. The molecule has 0 spiro atoms. The summed E-state index contributed by atoms with van der Waals surface area (Å²) in [4.78, 5) is 39.2. The second kappa shape index (κ2) is 11.7. The van der Waals surface area contributed by atoms with Crippen LogP contribution in [0.1, 0.15) is 57.4 Å². The van der Waals surface area contributed by atoms with Gasteiger partial charge in [0.2, 0.25) is 17.7 Å². The van der Waals surface area contributed by atoms with Crippen molar-refractivity contribution in [1.82, 2.24) is 15.5 Å². The predicted molar refractivity (Wildman–Crippen MR) is 124 cm³/mol. The minimum absolute atomic E-state index is 0.0896. The third-order valence-electron chi connectivity index (χ3n) is 6.40. The number of amides is 3. The van der Waals surface area contributed by atoms with Crippen molar-refractivity contribution in [1.29, 1.82) is 0 Å². The molecule has 7 heteroatoms. The van der Waals surface area contributed by atoms with Crippen molar-refractivity contribution >= 4 is 23.8 Å². The van der Waals surface area contributed by atoms with Gasteiger partial charge in [-0.1, -0.05) is 31.4 Å². The number of hydrogen-bond donors (Lipinski definition) is 2. The third-order valence-corrected chi connectivity index (χ3v) is 6.40. The van der Waals surface area contributed by atoms with Crippen LogP contribution < -0.4 is 15.4 Å². The normalized spacial score (nSPS) is 18.9. The Balaban J connectivity index is 1.40. The number of piperidine rings is 1. The Morgan fingerprint density at radius 3 is 2.31 bits per heavy atom. The van der Waals surface area contributed by atoms with Gasteiger partial charge >= 0.3 is 0 Å². The van der Waals surface area contributed by atoms with Crippen molar-refractivity contribution in [2.24, 2.45) is 5.92 Å². The summed E-state index contributed by atoms with van der Waals surface area (Å²) in [5.41, 5.74) is 0.872. The molecule has 1 aromatic carbocycles. The number of methoxy groups -OCH3 is 1. The topological polar surface area (TPSA) is 87.7 Å². The van der Waals surface area contributed by atoms with E-state index in [4.69, 9.17) is 4.74 Å². The maximum atomic E-state index is 12.7. The molecule has 2 N–H and O–H groups in total. The van der Waals surface area contributed by atoms with Crippen LogP contribution in [0, 0.1) is 5.92 Å². The molecule has 1 atom stereocenters. The van der Waals surface area contributed by atoms with Gasteiger partial charge in [0.25, 0.3) is 0 Å². The van der Waals surface area contributed by atoms with Gasteiger partial charge in [-0.15, -0.1) is 0 Å². The van der Waals surface area contributed by atoms with E-state index >= 15 is 0 Å². The highest BCUT2D eigenvalue weighted by Crippen LogP contribution is 2.24. The van der Waals surface area contributed by atoms with E-state index in [0.29, 0.717) is 13.1 Å². The first kappa shape index (κ1) is 23.8. The molecule has 0 radical (unpaired) electrons. The Morgan fingerprint density at radius 1 is 1.03 bits per heavy atom. The van der Waals surface area contributed by atoms with E-state index in [1.807, 2.05) is 24.3 Å². The number of benzene rings is 1. The zero-order chi connectivity index (χ0) is 22.9. The number of nitrogens with zero attached hydrogens (tertiary/aromatic N) is 1. The minimum atomic E-state index is -0.601. The van der Waals surface area contributed by atoms with Gasteiger partial charge in [-0.2, -0.15) is 0 Å². The average Bonchev–Trinajstić information content (AvgIpc) is 2.83. The summed E-state index contributed by atoms with van der Waals surface area (Å²) in [5.74, 6) is 0.691. The van der Waals surface area contributed by atoms with Gasteiger partial charge in [0.15, 0.2) is 0 Å². The van der Waals surface area contributed by atoms with Gasteiger partial charge in [0.05, 0.1) is 7.11 Å². The number of likely N-dealkylation sites (tertiary alicyclic amines) is 1. The Labute approximate surface area is 190 Å². The lowest BCUT2D eigenvalue weighted by Crippen LogP contribution is -2.52. The molecule has 3 rings (SSSR count). The molecule has 7 nitrogen and oxygen atoms in total. The first-order valence-corrected chi connectivity index (χ1v) is 11.7. The molecule has 32 heavy (non-hydrogen) atoms. The first-order chi connectivity index (χ1) is 15.5. The SMILES string of the molecule is COc1ccc(/C=C/C(=O)NC(C)C(=O)N2CCC(NC(=O)C3CCCCC3)CC2)cc1. The third kappa shape index (κ3) is 6.84. The second-order valence-electron chi connectivity index (χ2n) is 8.78. The molecule has 174 valence electrons. The summed E-state index contributed by atoms with van der Waals surface area (Å²) >= 11 is 0. The zero-order valence-corrected chi connectivity index (χ0v) is 19.1. The number of carbonyl (C=O) groups excluding carboxylic acids is 3. The van der Waals surface area contributed by atoms with Gasteiger partial charge in [0, 0.05) is 31.1 Å². The van der Waals surface area contributed by atoms with Crippen LogP contribution in [0.4, 0.5) is 0 Å². The van der Waals surface area contributed by atoms with Crippen molar-refractivity contribution in [2.45, 2.75) is 64.0 Å². The summed E-state index contributed by atoms with van der Waals surface area (Å²) in [5, 5.41) is 5.93. The molecular formula is C25H35N3O4. The van der Waals surface area contributed by atoms with Gasteiger partial charge in [-0.3, -0.25) is 14.4 Å². The molecule has 0 bridgehead atoms. The Hall–Kier alpha value is -2.83. The van der Waals surface area contributed by atoms with Crippen LogP contribution in [0.3, 0.4) is 0 Å². The van der Waals surface area contributed by atoms with E-state index in [0.717, 1.165) is 49.8 Å². The van der Waals surface area contributed by atoms with Gasteiger partial charge in [0.1, 0.15) is 11.8 Å². The fraction of sp³-hybridized carbons (Fsp3) is 0.560. The van der Waals surface area contributed by atoms with Gasteiger partial charge in [-0.05, 0) is 56.4 Å². The summed E-state index contributed by atoms with van der Waals surface area (Å²) in [6, 6.07) is 6.89. The van der Waals surface area contributed by atoms with E-state index in [-0.39, 0.29) is 29.7 Å². The molecule has 2 fully saturated rings. The van der Waals surface area contributed by atoms with Crippen LogP contribution in [0.15, 0.2) is 30.3 Å². The summed E-state index contributed by atoms with van der Waals surface area (Å²) in [7, 11) is 1.60. The predicted octanol–water partition coefficient (Wildman–Crippen LogP) is 2.90. The van der Waals surface area contributed by atoms with Crippen molar-refractivity contribution in [3.63, 3.8) is 0 Å². The molecule has 1 saturated carbocycles. The number of ether oxygens (including phenoxy) is 1. The van der Waals surface area contributed by atoms with E-state index < -0.39 is 6.04 Å². The van der Waals surface area contributed by atoms with Gasteiger partial charge < -0.3 is 20.3 Å². The first-order valence-electron chi connectivity index (χ1n) is 11.7. The average molecular weight is 442 g/mol. The van der Waals surface area contributed by atoms with E-state index in [2.05, 4.69) is 10.6 Å². The zero-order valence-electron chi connectivity index (χ0n) is 19.1. The van der Waals surface area contributed by atoms with Crippen molar-refractivity contribution in [3.8, 4) is 5.75 Å². The molecule has 1 aromatic rings. The summed E-state index contributed by atoms with van der Waals surface area (Å²) in [6.45, 7) is 2.89. The van der Waals surface area contributed by atoms with Crippen LogP contribution >= 0.6 is 0 Å².